The number of aryl methyl sites for hydroxylation is 2. The van der Waals surface area contributed by atoms with Crippen molar-refractivity contribution in [2.75, 3.05) is 5.32 Å². The molecule has 2 aromatic heterocycles. The fourth-order valence-corrected chi connectivity index (χ4v) is 4.85. The molecule has 5 aromatic rings. The van der Waals surface area contributed by atoms with Crippen LogP contribution in [0.1, 0.15) is 11.1 Å². The Balaban J connectivity index is 1.49. The number of nitrogens with one attached hydrogen (secondary N) is 1. The minimum Gasteiger partial charge on any atom is -0.324 e. The third-order valence-electron chi connectivity index (χ3n) is 5.59. The fraction of sp³-hybridized carbons (Fsp3) is 0.115. The van der Waals surface area contributed by atoms with Crippen molar-refractivity contribution in [3.05, 3.63) is 93.9 Å². The topological polar surface area (TPSA) is 64.0 Å². The Labute approximate surface area is 189 Å². The van der Waals surface area contributed by atoms with Crippen molar-refractivity contribution in [1.82, 2.24) is 9.55 Å². The van der Waals surface area contributed by atoms with Gasteiger partial charge >= 0.3 is 0 Å². The quantitative estimate of drug-likeness (QED) is 0.400. The van der Waals surface area contributed by atoms with Crippen molar-refractivity contribution in [2.24, 2.45) is 0 Å². The van der Waals surface area contributed by atoms with Gasteiger partial charge in [0.2, 0.25) is 5.91 Å². The van der Waals surface area contributed by atoms with Crippen molar-refractivity contribution >= 4 is 43.9 Å². The third kappa shape index (κ3) is 3.69. The number of hydrogen-bond acceptors (Lipinski definition) is 4. The van der Waals surface area contributed by atoms with Crippen LogP contribution < -0.4 is 10.9 Å². The van der Waals surface area contributed by atoms with Crippen LogP contribution in [0.5, 0.6) is 0 Å². The first kappa shape index (κ1) is 20.2. The van der Waals surface area contributed by atoms with E-state index in [0.29, 0.717) is 10.2 Å². The van der Waals surface area contributed by atoms with E-state index in [9.17, 15) is 9.59 Å². The minimum absolute atomic E-state index is 0.0951. The van der Waals surface area contributed by atoms with Gasteiger partial charge < -0.3 is 5.32 Å². The summed E-state index contributed by atoms with van der Waals surface area (Å²) in [4.78, 5) is 31.1. The molecule has 0 aliphatic rings. The summed E-state index contributed by atoms with van der Waals surface area (Å²) >= 11 is 1.44. The first-order chi connectivity index (χ1) is 15.5. The SMILES string of the molecule is Cc1ccc(NC(=O)Cn2cnc3scc(-c4ccc5ccccc5c4)c3c2=O)c(C)c1. The highest BCUT2D eigenvalue weighted by Gasteiger charge is 2.15. The molecule has 0 saturated carbocycles. The van der Waals surface area contributed by atoms with E-state index in [1.54, 1.807) is 0 Å². The summed E-state index contributed by atoms with van der Waals surface area (Å²) in [6, 6.07) is 20.1. The molecule has 5 nitrogen and oxygen atoms in total. The third-order valence-corrected chi connectivity index (χ3v) is 6.48. The molecular weight excluding hydrogens is 418 g/mol. The van der Waals surface area contributed by atoms with E-state index < -0.39 is 0 Å². The van der Waals surface area contributed by atoms with Crippen LogP contribution in [-0.4, -0.2) is 15.5 Å². The molecule has 5 rings (SSSR count). The van der Waals surface area contributed by atoms with Gasteiger partial charge in [0.1, 0.15) is 11.4 Å². The Bertz CT molecular complexity index is 1550. The fourth-order valence-electron chi connectivity index (χ4n) is 3.95. The van der Waals surface area contributed by atoms with Gasteiger partial charge in [0, 0.05) is 16.6 Å². The van der Waals surface area contributed by atoms with E-state index in [4.69, 9.17) is 0 Å². The number of rotatable bonds is 4. The average molecular weight is 440 g/mol. The molecule has 32 heavy (non-hydrogen) atoms. The van der Waals surface area contributed by atoms with E-state index >= 15 is 0 Å². The molecule has 3 aromatic carbocycles. The summed E-state index contributed by atoms with van der Waals surface area (Å²) in [6.45, 7) is 3.86. The molecule has 0 aliphatic carbocycles. The summed E-state index contributed by atoms with van der Waals surface area (Å²) in [5.41, 5.74) is 4.45. The van der Waals surface area contributed by atoms with E-state index in [1.807, 2.05) is 55.6 Å². The maximum absolute atomic E-state index is 13.3. The highest BCUT2D eigenvalue weighted by molar-refractivity contribution is 7.17. The Morgan fingerprint density at radius 3 is 2.66 bits per heavy atom. The number of benzene rings is 3. The van der Waals surface area contributed by atoms with Crippen LogP contribution in [0, 0.1) is 13.8 Å². The predicted octanol–water partition coefficient (Wildman–Crippen LogP) is 5.53. The lowest BCUT2D eigenvalue weighted by molar-refractivity contribution is -0.116. The summed E-state index contributed by atoms with van der Waals surface area (Å²) in [7, 11) is 0. The van der Waals surface area contributed by atoms with Crippen LogP contribution in [0.2, 0.25) is 0 Å². The van der Waals surface area contributed by atoms with Gasteiger partial charge in [-0.05, 0) is 47.9 Å². The van der Waals surface area contributed by atoms with Gasteiger partial charge in [0.15, 0.2) is 0 Å². The number of nitrogens with zero attached hydrogens (tertiary/aromatic N) is 2. The summed E-state index contributed by atoms with van der Waals surface area (Å²) in [6.07, 6.45) is 1.45. The van der Waals surface area contributed by atoms with Gasteiger partial charge in [0.25, 0.3) is 5.56 Å². The van der Waals surface area contributed by atoms with E-state index in [2.05, 4.69) is 34.6 Å². The van der Waals surface area contributed by atoms with Crippen LogP contribution in [0.25, 0.3) is 32.1 Å². The molecule has 0 bridgehead atoms. The number of carbonyl (C=O) groups is 1. The van der Waals surface area contributed by atoms with E-state index in [1.165, 1.54) is 22.2 Å². The molecule has 0 fully saturated rings. The van der Waals surface area contributed by atoms with Gasteiger partial charge in [-0.1, -0.05) is 54.1 Å². The number of thiophene rings is 1. The molecule has 0 aliphatic heterocycles. The number of aromatic nitrogens is 2. The Hall–Kier alpha value is -3.77. The molecule has 0 saturated heterocycles. The molecule has 0 atom stereocenters. The molecule has 0 radical (unpaired) electrons. The standard InChI is InChI=1S/C26H21N3O2S/c1-16-7-10-22(17(2)11-16)28-23(30)13-29-15-27-25-24(26(29)31)21(14-32-25)20-9-8-18-5-3-4-6-19(18)12-20/h3-12,14-15H,13H2,1-2H3,(H,28,30). The molecule has 6 heteroatoms. The van der Waals surface area contributed by atoms with Crippen molar-refractivity contribution in [2.45, 2.75) is 20.4 Å². The number of amides is 1. The lowest BCUT2D eigenvalue weighted by Gasteiger charge is -2.10. The maximum atomic E-state index is 13.3. The largest absolute Gasteiger partial charge is 0.324 e. The predicted molar refractivity (Wildman–Crippen MR) is 131 cm³/mol. The molecule has 158 valence electrons. The second-order valence-electron chi connectivity index (χ2n) is 7.94. The lowest BCUT2D eigenvalue weighted by Crippen LogP contribution is -2.28. The van der Waals surface area contributed by atoms with Crippen molar-refractivity contribution in [3.63, 3.8) is 0 Å². The Morgan fingerprint density at radius 2 is 1.84 bits per heavy atom. The summed E-state index contributed by atoms with van der Waals surface area (Å²) < 4.78 is 1.37. The minimum atomic E-state index is -0.261. The number of anilines is 1. The normalized spacial score (nSPS) is 11.2. The number of hydrogen-bond donors (Lipinski definition) is 1. The summed E-state index contributed by atoms with van der Waals surface area (Å²) in [5, 5.41) is 7.67. The molecule has 0 unspecified atom stereocenters. The van der Waals surface area contributed by atoms with E-state index in [0.717, 1.165) is 38.7 Å². The van der Waals surface area contributed by atoms with Crippen LogP contribution >= 0.6 is 11.3 Å². The zero-order valence-electron chi connectivity index (χ0n) is 17.8. The molecular formula is C26H21N3O2S. The zero-order chi connectivity index (χ0) is 22.2. The number of fused-ring (bicyclic) bond motifs is 2. The van der Waals surface area contributed by atoms with Gasteiger partial charge in [0.05, 0.1) is 11.7 Å². The van der Waals surface area contributed by atoms with Crippen LogP contribution in [0.15, 0.2) is 77.2 Å². The first-order valence-corrected chi connectivity index (χ1v) is 11.2. The highest BCUT2D eigenvalue weighted by atomic mass is 32.1. The van der Waals surface area contributed by atoms with Gasteiger partial charge in [-0.2, -0.15) is 0 Å². The van der Waals surface area contributed by atoms with Crippen LogP contribution in [-0.2, 0) is 11.3 Å². The van der Waals surface area contributed by atoms with Gasteiger partial charge in [-0.15, -0.1) is 11.3 Å². The monoisotopic (exact) mass is 439 g/mol. The van der Waals surface area contributed by atoms with Crippen molar-refractivity contribution in [3.8, 4) is 11.1 Å². The Kier molecular flexibility index (Phi) is 5.07. The Morgan fingerprint density at radius 1 is 1.03 bits per heavy atom. The zero-order valence-corrected chi connectivity index (χ0v) is 18.6. The molecule has 1 N–H and O–H groups in total. The smallest absolute Gasteiger partial charge is 0.263 e. The molecule has 1 amide bonds. The number of carbonyl (C=O) groups excluding carboxylic acids is 1. The molecule has 0 spiro atoms. The first-order valence-electron chi connectivity index (χ1n) is 10.3. The van der Waals surface area contributed by atoms with Crippen molar-refractivity contribution in [1.29, 1.82) is 0 Å². The second-order valence-corrected chi connectivity index (χ2v) is 8.79. The molecule has 2 heterocycles. The highest BCUT2D eigenvalue weighted by Crippen LogP contribution is 2.32. The lowest BCUT2D eigenvalue weighted by atomic mass is 10.0. The van der Waals surface area contributed by atoms with Crippen LogP contribution in [0.4, 0.5) is 5.69 Å². The summed E-state index contributed by atoms with van der Waals surface area (Å²) in [5.74, 6) is -0.261. The van der Waals surface area contributed by atoms with Crippen molar-refractivity contribution < 1.29 is 4.79 Å². The van der Waals surface area contributed by atoms with Crippen LogP contribution in [0.3, 0.4) is 0 Å². The van der Waals surface area contributed by atoms with Gasteiger partial charge in [-0.25, -0.2) is 4.98 Å². The second kappa shape index (κ2) is 8.05. The van der Waals surface area contributed by atoms with E-state index in [-0.39, 0.29) is 18.0 Å². The maximum Gasteiger partial charge on any atom is 0.263 e. The average Bonchev–Trinajstić information content (AvgIpc) is 3.22. The van der Waals surface area contributed by atoms with Gasteiger partial charge in [-0.3, -0.25) is 14.2 Å².